The van der Waals surface area contributed by atoms with Crippen molar-refractivity contribution in [3.05, 3.63) is 59.5 Å². The lowest BCUT2D eigenvalue weighted by atomic mass is 10.0. The number of carbonyl (C=O) groups is 1. The minimum absolute atomic E-state index is 0.0244. The average Bonchev–Trinajstić information content (AvgIpc) is 2.84. The lowest BCUT2D eigenvalue weighted by Crippen LogP contribution is -2.10. The van der Waals surface area contributed by atoms with E-state index in [1.165, 1.54) is 0 Å². The number of benzene rings is 1. The van der Waals surface area contributed by atoms with E-state index in [9.17, 15) is 4.79 Å². The van der Waals surface area contributed by atoms with Crippen molar-refractivity contribution in [2.24, 2.45) is 7.05 Å². The number of aryl methyl sites for hydroxylation is 2. The van der Waals surface area contributed by atoms with Gasteiger partial charge in [0.2, 0.25) is 0 Å². The lowest BCUT2D eigenvalue weighted by Gasteiger charge is -2.04. The van der Waals surface area contributed by atoms with Crippen LogP contribution in [0.2, 0.25) is 0 Å². The maximum Gasteiger partial charge on any atom is 0.187 e. The zero-order valence-electron chi connectivity index (χ0n) is 12.2. The zero-order chi connectivity index (χ0) is 14.8. The SMILES string of the molecule is CCc1cccnc1C(=O)Cc1nn(C)c2ccccc12. The van der Waals surface area contributed by atoms with Gasteiger partial charge in [0.05, 0.1) is 17.6 Å². The highest BCUT2D eigenvalue weighted by molar-refractivity contribution is 5.99. The normalized spacial score (nSPS) is 11.0. The third-order valence-corrected chi connectivity index (χ3v) is 3.70. The van der Waals surface area contributed by atoms with E-state index in [1.54, 1.807) is 6.20 Å². The van der Waals surface area contributed by atoms with Crippen molar-refractivity contribution in [2.45, 2.75) is 19.8 Å². The summed E-state index contributed by atoms with van der Waals surface area (Å²) in [5.74, 6) is 0.0244. The van der Waals surface area contributed by atoms with Crippen LogP contribution in [-0.2, 0) is 19.9 Å². The molecule has 21 heavy (non-hydrogen) atoms. The van der Waals surface area contributed by atoms with Crippen molar-refractivity contribution in [2.75, 3.05) is 0 Å². The fraction of sp³-hybridized carbons (Fsp3) is 0.235. The highest BCUT2D eigenvalue weighted by Crippen LogP contribution is 2.19. The van der Waals surface area contributed by atoms with Crippen molar-refractivity contribution >= 4 is 16.7 Å². The topological polar surface area (TPSA) is 47.8 Å². The highest BCUT2D eigenvalue weighted by Gasteiger charge is 2.16. The first-order chi connectivity index (χ1) is 10.2. The standard InChI is InChI=1S/C17H17N3O/c1-3-12-7-6-10-18-17(12)16(21)11-14-13-8-4-5-9-15(13)20(2)19-14/h4-10H,3,11H2,1-2H3. The quantitative estimate of drug-likeness (QED) is 0.690. The molecule has 0 amide bonds. The first kappa shape index (κ1) is 13.5. The number of hydrogen-bond acceptors (Lipinski definition) is 3. The summed E-state index contributed by atoms with van der Waals surface area (Å²) in [4.78, 5) is 16.8. The smallest absolute Gasteiger partial charge is 0.187 e. The van der Waals surface area contributed by atoms with E-state index in [-0.39, 0.29) is 12.2 Å². The summed E-state index contributed by atoms with van der Waals surface area (Å²) < 4.78 is 1.82. The van der Waals surface area contributed by atoms with Gasteiger partial charge in [0.1, 0.15) is 5.69 Å². The molecule has 4 heteroatoms. The molecule has 2 heterocycles. The number of rotatable bonds is 4. The van der Waals surface area contributed by atoms with E-state index in [1.807, 2.05) is 55.1 Å². The number of aromatic nitrogens is 3. The molecule has 0 atom stereocenters. The molecule has 0 bridgehead atoms. The zero-order valence-corrected chi connectivity index (χ0v) is 12.2. The van der Waals surface area contributed by atoms with E-state index in [0.29, 0.717) is 5.69 Å². The van der Waals surface area contributed by atoms with Crippen molar-refractivity contribution < 1.29 is 4.79 Å². The molecule has 3 aromatic rings. The van der Waals surface area contributed by atoms with Gasteiger partial charge in [0.25, 0.3) is 0 Å². The van der Waals surface area contributed by atoms with Crippen LogP contribution in [0.25, 0.3) is 10.9 Å². The third-order valence-electron chi connectivity index (χ3n) is 3.70. The molecule has 0 aliphatic heterocycles. The molecule has 0 spiro atoms. The molecule has 4 nitrogen and oxygen atoms in total. The van der Waals surface area contributed by atoms with E-state index < -0.39 is 0 Å². The van der Waals surface area contributed by atoms with Crippen molar-refractivity contribution in [3.63, 3.8) is 0 Å². The summed E-state index contributed by atoms with van der Waals surface area (Å²) >= 11 is 0. The Kier molecular flexibility index (Phi) is 3.52. The summed E-state index contributed by atoms with van der Waals surface area (Å²) in [5, 5.41) is 5.51. The molecular formula is C17H17N3O. The molecule has 3 rings (SSSR count). The third kappa shape index (κ3) is 2.44. The monoisotopic (exact) mass is 279 g/mol. The molecule has 2 aromatic heterocycles. The van der Waals surface area contributed by atoms with Crippen LogP contribution in [0, 0.1) is 0 Å². The molecule has 106 valence electrons. The largest absolute Gasteiger partial charge is 0.292 e. The number of ketones is 1. The second-order valence-corrected chi connectivity index (χ2v) is 5.05. The first-order valence-corrected chi connectivity index (χ1v) is 7.08. The molecule has 0 radical (unpaired) electrons. The minimum atomic E-state index is 0.0244. The van der Waals surface area contributed by atoms with Gasteiger partial charge in [-0.05, 0) is 24.1 Å². The van der Waals surface area contributed by atoms with Gasteiger partial charge in [-0.25, -0.2) is 0 Å². The number of fused-ring (bicyclic) bond motifs is 1. The molecule has 0 aliphatic rings. The Morgan fingerprint density at radius 1 is 1.19 bits per heavy atom. The number of carbonyl (C=O) groups excluding carboxylic acids is 1. The van der Waals surface area contributed by atoms with Gasteiger partial charge < -0.3 is 0 Å². The molecule has 1 aromatic carbocycles. The Balaban J connectivity index is 1.97. The fourth-order valence-corrected chi connectivity index (χ4v) is 2.63. The van der Waals surface area contributed by atoms with Crippen molar-refractivity contribution in [3.8, 4) is 0 Å². The highest BCUT2D eigenvalue weighted by atomic mass is 16.1. The lowest BCUT2D eigenvalue weighted by molar-refractivity contribution is 0.0986. The molecule has 0 saturated heterocycles. The van der Waals surface area contributed by atoms with Crippen LogP contribution in [0.5, 0.6) is 0 Å². The number of para-hydroxylation sites is 1. The van der Waals surface area contributed by atoms with E-state index in [2.05, 4.69) is 10.1 Å². The van der Waals surface area contributed by atoms with Gasteiger partial charge >= 0.3 is 0 Å². The Hall–Kier alpha value is -2.49. The maximum atomic E-state index is 12.5. The molecule has 0 aliphatic carbocycles. The Labute approximate surface area is 123 Å². The summed E-state index contributed by atoms with van der Waals surface area (Å²) in [6.45, 7) is 2.03. The Morgan fingerprint density at radius 2 is 2.00 bits per heavy atom. The van der Waals surface area contributed by atoms with Crippen LogP contribution < -0.4 is 0 Å². The Bertz CT molecular complexity index is 805. The van der Waals surface area contributed by atoms with Gasteiger partial charge in [-0.15, -0.1) is 0 Å². The summed E-state index contributed by atoms with van der Waals surface area (Å²) in [6.07, 6.45) is 2.76. The second-order valence-electron chi connectivity index (χ2n) is 5.05. The van der Waals surface area contributed by atoms with Gasteiger partial charge in [-0.1, -0.05) is 31.2 Å². The second kappa shape index (κ2) is 5.48. The van der Waals surface area contributed by atoms with E-state index >= 15 is 0 Å². The van der Waals surface area contributed by atoms with Crippen molar-refractivity contribution in [1.82, 2.24) is 14.8 Å². The molecule has 0 fully saturated rings. The van der Waals surface area contributed by atoms with Crippen LogP contribution in [-0.4, -0.2) is 20.5 Å². The number of pyridine rings is 1. The summed E-state index contributed by atoms with van der Waals surface area (Å²) in [5.41, 5.74) is 3.40. The van der Waals surface area contributed by atoms with Crippen LogP contribution >= 0.6 is 0 Å². The summed E-state index contributed by atoms with van der Waals surface area (Å²) in [6, 6.07) is 11.8. The fourth-order valence-electron chi connectivity index (χ4n) is 2.63. The van der Waals surface area contributed by atoms with Gasteiger partial charge in [-0.2, -0.15) is 5.10 Å². The van der Waals surface area contributed by atoms with E-state index in [4.69, 9.17) is 0 Å². The van der Waals surface area contributed by atoms with Gasteiger partial charge in [0, 0.05) is 18.6 Å². The van der Waals surface area contributed by atoms with Gasteiger partial charge in [-0.3, -0.25) is 14.5 Å². The van der Waals surface area contributed by atoms with Crippen LogP contribution in [0.1, 0.15) is 28.7 Å². The maximum absolute atomic E-state index is 12.5. The van der Waals surface area contributed by atoms with Crippen LogP contribution in [0.15, 0.2) is 42.6 Å². The Morgan fingerprint density at radius 3 is 2.81 bits per heavy atom. The van der Waals surface area contributed by atoms with Crippen LogP contribution in [0.4, 0.5) is 0 Å². The average molecular weight is 279 g/mol. The number of nitrogens with zero attached hydrogens (tertiary/aromatic N) is 3. The first-order valence-electron chi connectivity index (χ1n) is 7.08. The molecule has 0 N–H and O–H groups in total. The minimum Gasteiger partial charge on any atom is -0.292 e. The van der Waals surface area contributed by atoms with Crippen LogP contribution in [0.3, 0.4) is 0 Å². The molecule has 0 saturated carbocycles. The number of Topliss-reactive ketones (excluding diaryl/α,β-unsaturated/α-hetero) is 1. The predicted molar refractivity (Wildman–Crippen MR) is 82.4 cm³/mol. The van der Waals surface area contributed by atoms with Gasteiger partial charge in [0.15, 0.2) is 5.78 Å². The van der Waals surface area contributed by atoms with E-state index in [0.717, 1.165) is 28.6 Å². The molecular weight excluding hydrogens is 262 g/mol. The summed E-state index contributed by atoms with van der Waals surface area (Å²) in [7, 11) is 1.90. The predicted octanol–water partition coefficient (Wildman–Crippen LogP) is 2.96. The molecule has 0 unspecified atom stereocenters. The number of hydrogen-bond donors (Lipinski definition) is 0. The van der Waals surface area contributed by atoms with Crippen molar-refractivity contribution in [1.29, 1.82) is 0 Å².